The van der Waals surface area contributed by atoms with Crippen molar-refractivity contribution in [2.75, 3.05) is 11.9 Å². The number of amides is 1. The zero-order valence-electron chi connectivity index (χ0n) is 10.3. The van der Waals surface area contributed by atoms with E-state index < -0.39 is 6.09 Å². The van der Waals surface area contributed by atoms with Crippen molar-refractivity contribution in [3.63, 3.8) is 0 Å². The highest BCUT2D eigenvalue weighted by molar-refractivity contribution is 5.87. The van der Waals surface area contributed by atoms with Gasteiger partial charge in [0.1, 0.15) is 0 Å². The lowest BCUT2D eigenvalue weighted by Crippen LogP contribution is -2.15. The summed E-state index contributed by atoms with van der Waals surface area (Å²) in [6.07, 6.45) is -0.390. The highest BCUT2D eigenvalue weighted by Gasteiger charge is 2.11. The summed E-state index contributed by atoms with van der Waals surface area (Å²) in [6.45, 7) is 8.36. The van der Waals surface area contributed by atoms with E-state index in [0.29, 0.717) is 12.5 Å². The van der Waals surface area contributed by atoms with Gasteiger partial charge in [-0.25, -0.2) is 4.79 Å². The molecule has 0 bridgehead atoms. The van der Waals surface area contributed by atoms with Crippen molar-refractivity contribution in [3.8, 4) is 0 Å². The molecule has 88 valence electrons. The van der Waals surface area contributed by atoms with Gasteiger partial charge in [0, 0.05) is 0 Å². The first-order valence-electron chi connectivity index (χ1n) is 5.59. The van der Waals surface area contributed by atoms with Crippen molar-refractivity contribution >= 4 is 11.8 Å². The minimum absolute atomic E-state index is 0.372. The molecule has 0 radical (unpaired) electrons. The Morgan fingerprint density at radius 1 is 1.44 bits per heavy atom. The van der Waals surface area contributed by atoms with Crippen molar-refractivity contribution in [1.29, 1.82) is 0 Å². The van der Waals surface area contributed by atoms with Gasteiger partial charge in [0.25, 0.3) is 0 Å². The van der Waals surface area contributed by atoms with Crippen molar-refractivity contribution < 1.29 is 9.53 Å². The fourth-order valence-electron chi connectivity index (χ4n) is 1.61. The van der Waals surface area contributed by atoms with E-state index in [1.54, 1.807) is 6.92 Å². The van der Waals surface area contributed by atoms with Crippen LogP contribution in [0.25, 0.3) is 0 Å². The smallest absolute Gasteiger partial charge is 0.411 e. The Bertz CT molecular complexity index is 372. The molecule has 0 aliphatic carbocycles. The van der Waals surface area contributed by atoms with E-state index in [1.165, 1.54) is 0 Å². The second kappa shape index (κ2) is 5.54. The normalized spacial score (nSPS) is 10.3. The maximum atomic E-state index is 11.4. The molecular weight excluding hydrogens is 202 g/mol. The standard InChI is InChI=1S/C13H19NO2/c1-5-16-13(15)14-12-10(4)7-6-8-11(12)9(2)3/h6-9H,5H2,1-4H3,(H,14,15). The van der Waals surface area contributed by atoms with E-state index in [2.05, 4.69) is 19.2 Å². The van der Waals surface area contributed by atoms with Gasteiger partial charge in [0.05, 0.1) is 12.3 Å². The fraction of sp³-hybridized carbons (Fsp3) is 0.462. The van der Waals surface area contributed by atoms with Crippen LogP contribution in [0.3, 0.4) is 0 Å². The molecule has 0 aliphatic heterocycles. The summed E-state index contributed by atoms with van der Waals surface area (Å²) in [4.78, 5) is 11.4. The predicted octanol–water partition coefficient (Wildman–Crippen LogP) is 3.69. The van der Waals surface area contributed by atoms with E-state index >= 15 is 0 Å². The Balaban J connectivity index is 2.97. The Morgan fingerprint density at radius 2 is 2.12 bits per heavy atom. The Morgan fingerprint density at radius 3 is 2.69 bits per heavy atom. The third-order valence-corrected chi connectivity index (χ3v) is 2.43. The number of nitrogens with one attached hydrogen (secondary N) is 1. The van der Waals surface area contributed by atoms with Gasteiger partial charge in [0.2, 0.25) is 0 Å². The monoisotopic (exact) mass is 221 g/mol. The van der Waals surface area contributed by atoms with E-state index in [-0.39, 0.29) is 0 Å². The molecule has 0 atom stereocenters. The van der Waals surface area contributed by atoms with Gasteiger partial charge in [-0.15, -0.1) is 0 Å². The van der Waals surface area contributed by atoms with Gasteiger partial charge in [-0.3, -0.25) is 5.32 Å². The van der Waals surface area contributed by atoms with Crippen molar-refractivity contribution in [3.05, 3.63) is 29.3 Å². The minimum Gasteiger partial charge on any atom is -0.450 e. The molecule has 1 N–H and O–H groups in total. The lowest BCUT2D eigenvalue weighted by atomic mass is 9.98. The summed E-state index contributed by atoms with van der Waals surface area (Å²) in [5, 5.41) is 2.80. The number of para-hydroxylation sites is 1. The SMILES string of the molecule is CCOC(=O)Nc1c(C)cccc1C(C)C. The van der Waals surface area contributed by atoms with Crippen LogP contribution in [0.5, 0.6) is 0 Å². The first-order chi connectivity index (χ1) is 7.56. The van der Waals surface area contributed by atoms with Gasteiger partial charge in [-0.2, -0.15) is 0 Å². The molecule has 0 aliphatic rings. The fourth-order valence-corrected chi connectivity index (χ4v) is 1.61. The maximum Gasteiger partial charge on any atom is 0.411 e. The first-order valence-corrected chi connectivity index (χ1v) is 5.59. The molecule has 0 aromatic heterocycles. The molecule has 3 nitrogen and oxygen atoms in total. The van der Waals surface area contributed by atoms with Crippen LogP contribution >= 0.6 is 0 Å². The van der Waals surface area contributed by atoms with E-state index in [1.807, 2.05) is 25.1 Å². The number of rotatable bonds is 3. The van der Waals surface area contributed by atoms with Crippen LogP contribution in [0.15, 0.2) is 18.2 Å². The topological polar surface area (TPSA) is 38.3 Å². The number of carbonyl (C=O) groups is 1. The van der Waals surface area contributed by atoms with Crippen molar-refractivity contribution in [2.24, 2.45) is 0 Å². The largest absolute Gasteiger partial charge is 0.450 e. The molecule has 0 fully saturated rings. The van der Waals surface area contributed by atoms with Crippen molar-refractivity contribution in [1.82, 2.24) is 0 Å². The number of hydrogen-bond donors (Lipinski definition) is 1. The molecule has 1 aromatic rings. The van der Waals surface area contributed by atoms with Crippen LogP contribution in [0.4, 0.5) is 10.5 Å². The van der Waals surface area contributed by atoms with Gasteiger partial charge in [0.15, 0.2) is 0 Å². The average Bonchev–Trinajstić information content (AvgIpc) is 2.21. The number of hydrogen-bond acceptors (Lipinski definition) is 2. The Labute approximate surface area is 96.8 Å². The number of benzene rings is 1. The third-order valence-electron chi connectivity index (χ3n) is 2.43. The molecule has 0 heterocycles. The Hall–Kier alpha value is -1.51. The molecule has 1 aromatic carbocycles. The first kappa shape index (κ1) is 12.6. The number of aryl methyl sites for hydroxylation is 1. The zero-order chi connectivity index (χ0) is 12.1. The molecule has 0 saturated heterocycles. The summed E-state index contributed by atoms with van der Waals surface area (Å²) in [5.41, 5.74) is 3.06. The molecule has 0 unspecified atom stereocenters. The van der Waals surface area contributed by atoms with E-state index in [4.69, 9.17) is 4.74 Å². The van der Waals surface area contributed by atoms with E-state index in [9.17, 15) is 4.79 Å². The van der Waals surface area contributed by atoms with Crippen molar-refractivity contribution in [2.45, 2.75) is 33.6 Å². The highest BCUT2D eigenvalue weighted by Crippen LogP contribution is 2.27. The van der Waals surface area contributed by atoms with Crippen LogP contribution in [0.1, 0.15) is 37.8 Å². The Kier molecular flexibility index (Phi) is 4.35. The second-order valence-corrected chi connectivity index (χ2v) is 4.04. The lowest BCUT2D eigenvalue weighted by molar-refractivity contribution is 0.168. The summed E-state index contributed by atoms with van der Waals surface area (Å²) in [7, 11) is 0. The van der Waals surface area contributed by atoms with Gasteiger partial charge < -0.3 is 4.74 Å². The molecule has 16 heavy (non-hydrogen) atoms. The highest BCUT2D eigenvalue weighted by atomic mass is 16.5. The molecule has 1 amide bonds. The third kappa shape index (κ3) is 2.99. The quantitative estimate of drug-likeness (QED) is 0.845. The zero-order valence-corrected chi connectivity index (χ0v) is 10.3. The van der Waals surface area contributed by atoms with E-state index in [0.717, 1.165) is 16.8 Å². The number of anilines is 1. The van der Waals surface area contributed by atoms with Crippen LogP contribution < -0.4 is 5.32 Å². The minimum atomic E-state index is -0.390. The summed E-state index contributed by atoms with van der Waals surface area (Å²) in [5.74, 6) is 0.372. The molecule has 0 spiro atoms. The maximum absolute atomic E-state index is 11.4. The number of ether oxygens (including phenoxy) is 1. The molecule has 0 saturated carbocycles. The number of carbonyl (C=O) groups excluding carboxylic acids is 1. The van der Waals surface area contributed by atoms with Crippen LogP contribution in [-0.4, -0.2) is 12.7 Å². The molecule has 1 rings (SSSR count). The molecule has 3 heteroatoms. The summed E-state index contributed by atoms with van der Waals surface area (Å²) >= 11 is 0. The van der Waals surface area contributed by atoms with Gasteiger partial charge in [-0.1, -0.05) is 32.0 Å². The lowest BCUT2D eigenvalue weighted by Gasteiger charge is -2.15. The van der Waals surface area contributed by atoms with Gasteiger partial charge >= 0.3 is 6.09 Å². The van der Waals surface area contributed by atoms with Crippen LogP contribution in [0, 0.1) is 6.92 Å². The van der Waals surface area contributed by atoms with Crippen LogP contribution in [0.2, 0.25) is 0 Å². The van der Waals surface area contributed by atoms with Gasteiger partial charge in [-0.05, 0) is 30.9 Å². The average molecular weight is 221 g/mol. The predicted molar refractivity (Wildman–Crippen MR) is 65.9 cm³/mol. The van der Waals surface area contributed by atoms with Crippen LogP contribution in [-0.2, 0) is 4.74 Å². The summed E-state index contributed by atoms with van der Waals surface area (Å²) < 4.78 is 4.89. The molecular formula is C13H19NO2. The summed E-state index contributed by atoms with van der Waals surface area (Å²) in [6, 6.07) is 6.01. The second-order valence-electron chi connectivity index (χ2n) is 4.04.